The van der Waals surface area contributed by atoms with Crippen LogP contribution in [0.25, 0.3) is 0 Å². The maximum absolute atomic E-state index is 13.6. The molecule has 0 spiro atoms. The molecule has 0 bridgehead atoms. The van der Waals surface area contributed by atoms with E-state index in [0.717, 1.165) is 6.07 Å². The molecule has 1 aromatic carbocycles. The summed E-state index contributed by atoms with van der Waals surface area (Å²) in [5, 5.41) is 4.40. The Hall–Kier alpha value is -3.30. The molecule has 1 aromatic heterocycles. The average Bonchev–Trinajstić information content (AvgIpc) is 3.38. The van der Waals surface area contributed by atoms with Crippen LogP contribution in [0.2, 0.25) is 0 Å². The number of rotatable bonds is 5. The lowest BCUT2D eigenvalue weighted by molar-refractivity contribution is -0.127. The number of hydrogen-bond acceptors (Lipinski definition) is 4. The molecule has 1 fully saturated rings. The second-order valence-corrected chi connectivity index (χ2v) is 6.12. The van der Waals surface area contributed by atoms with Crippen LogP contribution in [0.4, 0.5) is 18.9 Å². The molecule has 1 unspecified atom stereocenters. The van der Waals surface area contributed by atoms with E-state index in [2.05, 4.69) is 5.32 Å². The summed E-state index contributed by atoms with van der Waals surface area (Å²) < 4.78 is 44.7. The van der Waals surface area contributed by atoms with Gasteiger partial charge in [-0.05, 0) is 37.1 Å². The average molecular weight is 395 g/mol. The lowest BCUT2D eigenvalue weighted by Gasteiger charge is -2.22. The highest BCUT2D eigenvalue weighted by Crippen LogP contribution is 2.21. The number of nitrogens with one attached hydrogen (secondary N) is 2. The van der Waals surface area contributed by atoms with Crippen LogP contribution in [-0.4, -0.2) is 41.8 Å². The zero-order valence-electron chi connectivity index (χ0n) is 14.5. The van der Waals surface area contributed by atoms with Gasteiger partial charge in [-0.2, -0.15) is 0 Å². The standard InChI is InChI=1S/C18H16F3N3O4/c19-10-5-6-11(16(21)15(10)20)23-14(25)9-22-17(26)12-3-1-7-24(12)18(27)13-4-2-8-28-13/h2,4-6,8,12H,1,3,7,9H2,(H,22,26)(H,23,25). The number of carbonyl (C=O) groups excluding carboxylic acids is 3. The summed E-state index contributed by atoms with van der Waals surface area (Å²) in [5.41, 5.74) is -0.548. The number of anilines is 1. The summed E-state index contributed by atoms with van der Waals surface area (Å²) in [6.07, 6.45) is 2.37. The van der Waals surface area contributed by atoms with Gasteiger partial charge in [0.05, 0.1) is 18.5 Å². The van der Waals surface area contributed by atoms with Crippen LogP contribution < -0.4 is 10.6 Å². The first-order chi connectivity index (χ1) is 13.4. The Morgan fingerprint density at radius 2 is 1.93 bits per heavy atom. The fourth-order valence-corrected chi connectivity index (χ4v) is 2.93. The van der Waals surface area contributed by atoms with Gasteiger partial charge < -0.3 is 20.0 Å². The third-order valence-corrected chi connectivity index (χ3v) is 4.28. The molecule has 7 nitrogen and oxygen atoms in total. The van der Waals surface area contributed by atoms with E-state index < -0.39 is 53.4 Å². The van der Waals surface area contributed by atoms with Gasteiger partial charge in [-0.15, -0.1) is 0 Å². The third kappa shape index (κ3) is 4.00. The van der Waals surface area contributed by atoms with Crippen molar-refractivity contribution in [2.75, 3.05) is 18.4 Å². The maximum Gasteiger partial charge on any atom is 0.290 e. The van der Waals surface area contributed by atoms with Crippen LogP contribution in [0.5, 0.6) is 0 Å². The number of halogens is 3. The molecular formula is C18H16F3N3O4. The smallest absolute Gasteiger partial charge is 0.290 e. The van der Waals surface area contributed by atoms with Gasteiger partial charge in [0.1, 0.15) is 6.04 Å². The van der Waals surface area contributed by atoms with Crippen molar-refractivity contribution in [1.82, 2.24) is 10.2 Å². The number of carbonyl (C=O) groups is 3. The van der Waals surface area contributed by atoms with Crippen molar-refractivity contribution < 1.29 is 32.0 Å². The summed E-state index contributed by atoms with van der Waals surface area (Å²) in [6, 6.07) is 3.81. The molecule has 3 amide bonds. The molecule has 10 heteroatoms. The van der Waals surface area contributed by atoms with E-state index in [4.69, 9.17) is 4.42 Å². The first-order valence-corrected chi connectivity index (χ1v) is 8.44. The Morgan fingerprint density at radius 1 is 1.14 bits per heavy atom. The molecule has 0 radical (unpaired) electrons. The van der Waals surface area contributed by atoms with Crippen molar-refractivity contribution in [3.63, 3.8) is 0 Å². The summed E-state index contributed by atoms with van der Waals surface area (Å²) in [4.78, 5) is 37.9. The minimum Gasteiger partial charge on any atom is -0.459 e. The van der Waals surface area contributed by atoms with Gasteiger partial charge in [-0.25, -0.2) is 13.2 Å². The normalized spacial score (nSPS) is 16.1. The lowest BCUT2D eigenvalue weighted by atomic mass is 10.2. The molecule has 1 saturated heterocycles. The monoisotopic (exact) mass is 395 g/mol. The number of amides is 3. The van der Waals surface area contributed by atoms with E-state index >= 15 is 0 Å². The van der Waals surface area contributed by atoms with Gasteiger partial charge in [0, 0.05) is 6.54 Å². The number of benzene rings is 1. The van der Waals surface area contributed by atoms with Gasteiger partial charge in [-0.3, -0.25) is 14.4 Å². The summed E-state index contributed by atoms with van der Waals surface area (Å²) in [6.45, 7) is -0.166. The van der Waals surface area contributed by atoms with Gasteiger partial charge >= 0.3 is 0 Å². The Balaban J connectivity index is 1.57. The van der Waals surface area contributed by atoms with Gasteiger partial charge in [0.2, 0.25) is 11.8 Å². The van der Waals surface area contributed by atoms with E-state index in [1.54, 1.807) is 6.07 Å². The Labute approximate surface area is 157 Å². The molecule has 0 aliphatic carbocycles. The molecule has 28 heavy (non-hydrogen) atoms. The molecule has 2 N–H and O–H groups in total. The van der Waals surface area contributed by atoms with Crippen molar-refractivity contribution in [3.8, 4) is 0 Å². The van der Waals surface area contributed by atoms with Gasteiger partial charge in [0.25, 0.3) is 5.91 Å². The number of hydrogen-bond donors (Lipinski definition) is 2. The van der Waals surface area contributed by atoms with Crippen LogP contribution >= 0.6 is 0 Å². The second kappa shape index (κ2) is 8.15. The zero-order chi connectivity index (χ0) is 20.3. The molecule has 148 valence electrons. The minimum atomic E-state index is -1.71. The molecule has 1 atom stereocenters. The molecule has 3 rings (SSSR count). The van der Waals surface area contributed by atoms with Crippen LogP contribution in [0, 0.1) is 17.5 Å². The van der Waals surface area contributed by atoms with Gasteiger partial charge in [0.15, 0.2) is 23.2 Å². The van der Waals surface area contributed by atoms with Crippen molar-refractivity contribution in [2.45, 2.75) is 18.9 Å². The van der Waals surface area contributed by atoms with Crippen LogP contribution in [0.3, 0.4) is 0 Å². The van der Waals surface area contributed by atoms with Crippen molar-refractivity contribution in [1.29, 1.82) is 0 Å². The maximum atomic E-state index is 13.6. The third-order valence-electron chi connectivity index (χ3n) is 4.28. The first-order valence-electron chi connectivity index (χ1n) is 8.44. The predicted octanol–water partition coefficient (Wildman–Crippen LogP) is 2.06. The summed E-state index contributed by atoms with van der Waals surface area (Å²) in [7, 11) is 0. The molecule has 2 aromatic rings. The number of nitrogens with zero attached hydrogens (tertiary/aromatic N) is 1. The van der Waals surface area contributed by atoms with Crippen molar-refractivity contribution >= 4 is 23.4 Å². The van der Waals surface area contributed by atoms with E-state index in [-0.39, 0.29) is 5.76 Å². The second-order valence-electron chi connectivity index (χ2n) is 6.12. The van der Waals surface area contributed by atoms with E-state index in [9.17, 15) is 27.6 Å². The molecule has 1 aliphatic rings. The molecule has 2 heterocycles. The zero-order valence-corrected chi connectivity index (χ0v) is 14.5. The summed E-state index contributed by atoms with van der Waals surface area (Å²) >= 11 is 0. The molecule has 0 saturated carbocycles. The highest BCUT2D eigenvalue weighted by molar-refractivity contribution is 5.98. The van der Waals surface area contributed by atoms with Gasteiger partial charge in [-0.1, -0.05) is 0 Å². The number of likely N-dealkylation sites (tertiary alicyclic amines) is 1. The van der Waals surface area contributed by atoms with E-state index in [1.807, 2.05) is 5.32 Å². The Morgan fingerprint density at radius 3 is 2.64 bits per heavy atom. The quantitative estimate of drug-likeness (QED) is 0.759. The van der Waals surface area contributed by atoms with Crippen LogP contribution in [-0.2, 0) is 9.59 Å². The van der Waals surface area contributed by atoms with Crippen LogP contribution in [0.15, 0.2) is 34.9 Å². The fraction of sp³-hybridized carbons (Fsp3) is 0.278. The largest absolute Gasteiger partial charge is 0.459 e. The molecular weight excluding hydrogens is 379 g/mol. The van der Waals surface area contributed by atoms with Crippen molar-refractivity contribution in [2.24, 2.45) is 0 Å². The van der Waals surface area contributed by atoms with E-state index in [1.165, 1.54) is 17.2 Å². The first kappa shape index (κ1) is 19.5. The highest BCUT2D eigenvalue weighted by atomic mass is 19.2. The van der Waals surface area contributed by atoms with Crippen LogP contribution in [0.1, 0.15) is 23.4 Å². The highest BCUT2D eigenvalue weighted by Gasteiger charge is 2.35. The van der Waals surface area contributed by atoms with Crippen molar-refractivity contribution in [3.05, 3.63) is 53.7 Å². The SMILES string of the molecule is O=C(CNC(=O)C1CCCN1C(=O)c1ccco1)Nc1ccc(F)c(F)c1F. The minimum absolute atomic E-state index is 0.103. The fourth-order valence-electron chi connectivity index (χ4n) is 2.93. The number of furan rings is 1. The predicted molar refractivity (Wildman–Crippen MR) is 90.7 cm³/mol. The topological polar surface area (TPSA) is 91.7 Å². The Kier molecular flexibility index (Phi) is 5.67. The summed E-state index contributed by atoms with van der Waals surface area (Å²) in [5.74, 6) is -6.35. The van der Waals surface area contributed by atoms with E-state index in [0.29, 0.717) is 25.5 Å². The lowest BCUT2D eigenvalue weighted by Crippen LogP contribution is -2.47. The Bertz CT molecular complexity index is 902. The molecule has 1 aliphatic heterocycles.